The number of hydrogen-bond donors (Lipinski definition) is 2. The fourth-order valence-corrected chi connectivity index (χ4v) is 3.37. The van der Waals surface area contributed by atoms with Gasteiger partial charge in [-0.3, -0.25) is 9.59 Å². The molecule has 6 heteroatoms. The SMILES string of the molecule is O=C(c1ccc(C#Cc2ccc(NCc3occc(=O)c3O)cc2)cc1)N1CCCC1. The lowest BCUT2D eigenvalue weighted by atomic mass is 10.1. The Balaban J connectivity index is 1.36. The number of carbonyl (C=O) groups excluding carboxylic acids is 1. The highest BCUT2D eigenvalue weighted by Gasteiger charge is 2.18. The van der Waals surface area contributed by atoms with E-state index < -0.39 is 5.43 Å². The van der Waals surface area contributed by atoms with Crippen molar-refractivity contribution in [2.24, 2.45) is 0 Å². The first-order chi connectivity index (χ1) is 15.1. The number of hydrogen-bond acceptors (Lipinski definition) is 5. The van der Waals surface area contributed by atoms with Gasteiger partial charge >= 0.3 is 0 Å². The van der Waals surface area contributed by atoms with Crippen molar-refractivity contribution < 1.29 is 14.3 Å². The van der Waals surface area contributed by atoms with Crippen molar-refractivity contribution >= 4 is 11.6 Å². The molecule has 0 saturated carbocycles. The molecule has 0 radical (unpaired) electrons. The highest BCUT2D eigenvalue weighted by molar-refractivity contribution is 5.94. The highest BCUT2D eigenvalue weighted by atomic mass is 16.4. The summed E-state index contributed by atoms with van der Waals surface area (Å²) in [5.41, 5.74) is 2.72. The molecule has 0 bridgehead atoms. The molecule has 0 spiro atoms. The molecule has 6 nitrogen and oxygen atoms in total. The van der Waals surface area contributed by atoms with Crippen molar-refractivity contribution in [3.05, 3.63) is 93.5 Å². The number of rotatable bonds is 4. The van der Waals surface area contributed by atoms with E-state index in [2.05, 4.69) is 17.2 Å². The van der Waals surface area contributed by atoms with Gasteiger partial charge in [0, 0.05) is 41.5 Å². The molecule has 2 N–H and O–H groups in total. The van der Waals surface area contributed by atoms with Crippen molar-refractivity contribution in [2.45, 2.75) is 19.4 Å². The van der Waals surface area contributed by atoms with Crippen LogP contribution in [0.2, 0.25) is 0 Å². The third-order valence-electron chi connectivity index (χ3n) is 5.14. The first-order valence-corrected chi connectivity index (χ1v) is 10.1. The first-order valence-electron chi connectivity index (χ1n) is 10.1. The molecule has 156 valence electrons. The summed E-state index contributed by atoms with van der Waals surface area (Å²) in [6.45, 7) is 1.87. The first kappa shape index (κ1) is 20.3. The van der Waals surface area contributed by atoms with Crippen molar-refractivity contribution in [1.29, 1.82) is 0 Å². The van der Waals surface area contributed by atoms with Crippen molar-refractivity contribution in [1.82, 2.24) is 4.90 Å². The predicted molar refractivity (Wildman–Crippen MR) is 118 cm³/mol. The molecule has 0 aliphatic carbocycles. The zero-order valence-electron chi connectivity index (χ0n) is 16.9. The predicted octanol–water partition coefficient (Wildman–Crippen LogP) is 3.59. The largest absolute Gasteiger partial charge is 0.502 e. The van der Waals surface area contributed by atoms with Gasteiger partial charge in [-0.05, 0) is 61.4 Å². The van der Waals surface area contributed by atoms with Crippen LogP contribution >= 0.6 is 0 Å². The van der Waals surface area contributed by atoms with Gasteiger partial charge in [-0.1, -0.05) is 11.8 Å². The molecule has 0 unspecified atom stereocenters. The van der Waals surface area contributed by atoms with E-state index in [4.69, 9.17) is 4.42 Å². The van der Waals surface area contributed by atoms with Gasteiger partial charge < -0.3 is 19.7 Å². The Kier molecular flexibility index (Phi) is 6.04. The lowest BCUT2D eigenvalue weighted by molar-refractivity contribution is 0.0793. The average molecular weight is 414 g/mol. The number of anilines is 1. The van der Waals surface area contributed by atoms with E-state index in [9.17, 15) is 14.7 Å². The molecule has 3 aromatic rings. The van der Waals surface area contributed by atoms with E-state index >= 15 is 0 Å². The number of nitrogens with zero attached hydrogens (tertiary/aromatic N) is 1. The second kappa shape index (κ2) is 9.23. The molecular formula is C25H22N2O4. The molecule has 1 aliphatic heterocycles. The maximum Gasteiger partial charge on any atom is 0.253 e. The van der Waals surface area contributed by atoms with Gasteiger partial charge in [0.15, 0.2) is 5.76 Å². The zero-order chi connectivity index (χ0) is 21.6. The normalized spacial score (nSPS) is 12.8. The monoisotopic (exact) mass is 414 g/mol. The third kappa shape index (κ3) is 4.96. The minimum Gasteiger partial charge on any atom is -0.502 e. The quantitative estimate of drug-likeness (QED) is 0.638. The molecule has 0 atom stereocenters. The Morgan fingerprint density at radius 2 is 1.58 bits per heavy atom. The third-order valence-corrected chi connectivity index (χ3v) is 5.14. The summed E-state index contributed by atoms with van der Waals surface area (Å²) in [6.07, 6.45) is 3.41. The summed E-state index contributed by atoms with van der Waals surface area (Å²) in [5.74, 6) is 6.10. The minimum atomic E-state index is -0.470. The Hall–Kier alpha value is -3.98. The Labute approximate surface area is 180 Å². The highest BCUT2D eigenvalue weighted by Crippen LogP contribution is 2.16. The Morgan fingerprint density at radius 3 is 2.23 bits per heavy atom. The van der Waals surface area contributed by atoms with Crippen LogP contribution in [0.3, 0.4) is 0 Å². The van der Waals surface area contributed by atoms with Gasteiger partial charge in [-0.15, -0.1) is 0 Å². The van der Waals surface area contributed by atoms with E-state index in [0.717, 1.165) is 42.7 Å². The van der Waals surface area contributed by atoms with Crippen LogP contribution in [-0.4, -0.2) is 29.0 Å². The fraction of sp³-hybridized carbons (Fsp3) is 0.200. The van der Waals surface area contributed by atoms with Crippen molar-refractivity contribution in [2.75, 3.05) is 18.4 Å². The van der Waals surface area contributed by atoms with Crippen molar-refractivity contribution in [3.63, 3.8) is 0 Å². The molecule has 1 aliphatic rings. The maximum absolute atomic E-state index is 12.4. The summed E-state index contributed by atoms with van der Waals surface area (Å²) in [7, 11) is 0. The van der Waals surface area contributed by atoms with Gasteiger partial charge in [0.05, 0.1) is 12.8 Å². The van der Waals surface area contributed by atoms with Crippen LogP contribution in [0.25, 0.3) is 0 Å². The van der Waals surface area contributed by atoms with E-state index in [-0.39, 0.29) is 24.0 Å². The smallest absolute Gasteiger partial charge is 0.253 e. The summed E-state index contributed by atoms with van der Waals surface area (Å²) < 4.78 is 5.17. The number of nitrogens with one attached hydrogen (secondary N) is 1. The van der Waals surface area contributed by atoms with Crippen molar-refractivity contribution in [3.8, 4) is 17.6 Å². The van der Waals surface area contributed by atoms with Crippen LogP contribution in [0, 0.1) is 11.8 Å². The van der Waals surface area contributed by atoms with Gasteiger partial charge in [-0.25, -0.2) is 0 Å². The summed E-state index contributed by atoms with van der Waals surface area (Å²) >= 11 is 0. The molecule has 4 rings (SSSR count). The topological polar surface area (TPSA) is 82.8 Å². The van der Waals surface area contributed by atoms with Crippen LogP contribution in [0.15, 0.2) is 70.1 Å². The zero-order valence-corrected chi connectivity index (χ0v) is 16.9. The minimum absolute atomic E-state index is 0.0863. The van der Waals surface area contributed by atoms with E-state index in [0.29, 0.717) is 5.56 Å². The molecule has 2 aromatic carbocycles. The van der Waals surface area contributed by atoms with Gasteiger partial charge in [0.1, 0.15) is 0 Å². The van der Waals surface area contributed by atoms with E-state index in [1.54, 1.807) is 0 Å². The van der Waals surface area contributed by atoms with Gasteiger partial charge in [0.25, 0.3) is 5.91 Å². The summed E-state index contributed by atoms with van der Waals surface area (Å²) in [4.78, 5) is 25.7. The number of aromatic hydroxyl groups is 1. The van der Waals surface area contributed by atoms with Crippen LogP contribution in [0.4, 0.5) is 5.69 Å². The average Bonchev–Trinajstić information content (AvgIpc) is 3.34. The Morgan fingerprint density at radius 1 is 0.968 bits per heavy atom. The van der Waals surface area contributed by atoms with Crippen LogP contribution in [0.5, 0.6) is 5.75 Å². The molecular weight excluding hydrogens is 392 g/mol. The maximum atomic E-state index is 12.4. The van der Waals surface area contributed by atoms with E-state index in [1.807, 2.05) is 53.4 Å². The summed E-state index contributed by atoms with van der Waals surface area (Å²) in [6, 6.07) is 16.0. The fourth-order valence-electron chi connectivity index (χ4n) is 3.37. The lowest BCUT2D eigenvalue weighted by Crippen LogP contribution is -2.27. The second-order valence-corrected chi connectivity index (χ2v) is 7.31. The molecule has 1 aromatic heterocycles. The number of amides is 1. The number of carbonyl (C=O) groups is 1. The van der Waals surface area contributed by atoms with Gasteiger partial charge in [0.2, 0.25) is 11.2 Å². The molecule has 2 heterocycles. The second-order valence-electron chi connectivity index (χ2n) is 7.31. The van der Waals surface area contributed by atoms with E-state index in [1.165, 1.54) is 12.3 Å². The lowest BCUT2D eigenvalue weighted by Gasteiger charge is -2.14. The number of benzene rings is 2. The molecule has 1 fully saturated rings. The molecule has 1 amide bonds. The van der Waals surface area contributed by atoms with Crippen LogP contribution in [0.1, 0.15) is 40.1 Å². The standard InChI is InChI=1S/C25H22N2O4/c28-22-13-16-31-23(24(22)29)17-26-21-11-7-19(8-12-21)4-3-18-5-9-20(10-6-18)25(30)27-14-1-2-15-27/h5-13,16,26,29H,1-2,14-15,17H2. The number of likely N-dealkylation sites (tertiary alicyclic amines) is 1. The van der Waals surface area contributed by atoms with Gasteiger partial charge in [-0.2, -0.15) is 0 Å². The molecule has 1 saturated heterocycles. The van der Waals surface area contributed by atoms with Crippen LogP contribution in [-0.2, 0) is 6.54 Å². The Bertz CT molecular complexity index is 1180. The molecule has 31 heavy (non-hydrogen) atoms. The summed E-state index contributed by atoms with van der Waals surface area (Å²) in [5, 5.41) is 12.8. The van der Waals surface area contributed by atoms with Crippen LogP contribution < -0.4 is 10.7 Å².